The summed E-state index contributed by atoms with van der Waals surface area (Å²) in [6.07, 6.45) is 0.756. The fourth-order valence-corrected chi connectivity index (χ4v) is 2.25. The predicted molar refractivity (Wildman–Crippen MR) is 79.5 cm³/mol. The van der Waals surface area contributed by atoms with Crippen LogP contribution in [0.1, 0.15) is 12.8 Å². The van der Waals surface area contributed by atoms with Crippen LogP contribution in [-0.2, 0) is 6.42 Å². The summed E-state index contributed by atoms with van der Waals surface area (Å²) in [7, 11) is 0. The normalized spacial score (nSPS) is 11.1. The minimum Gasteiger partial charge on any atom is -0.421 e. The Balaban J connectivity index is 1.91. The third kappa shape index (κ3) is 2.56. The van der Waals surface area contributed by atoms with Crippen molar-refractivity contribution in [2.75, 3.05) is 13.1 Å². The molecule has 0 bridgehead atoms. The fraction of sp³-hybridized carbons (Fsp3) is 0.250. The number of rotatable bonds is 5. The monoisotopic (exact) mass is 267 g/mol. The van der Waals surface area contributed by atoms with E-state index in [1.165, 1.54) is 5.39 Å². The van der Waals surface area contributed by atoms with Gasteiger partial charge >= 0.3 is 0 Å². The molecule has 3 rings (SSSR count). The maximum atomic E-state index is 5.76. The average Bonchev–Trinajstić information content (AvgIpc) is 2.96. The van der Waals surface area contributed by atoms with Gasteiger partial charge in [-0.05, 0) is 23.4 Å². The van der Waals surface area contributed by atoms with E-state index in [2.05, 4.69) is 40.6 Å². The van der Waals surface area contributed by atoms with E-state index in [9.17, 15) is 0 Å². The Morgan fingerprint density at radius 2 is 1.90 bits per heavy atom. The van der Waals surface area contributed by atoms with Crippen molar-refractivity contribution in [1.29, 1.82) is 0 Å². The van der Waals surface area contributed by atoms with Gasteiger partial charge < -0.3 is 9.73 Å². The number of hydrogen-bond donors (Lipinski definition) is 1. The molecule has 0 saturated heterocycles. The lowest BCUT2D eigenvalue weighted by Crippen LogP contribution is -2.16. The van der Waals surface area contributed by atoms with Crippen molar-refractivity contribution in [2.24, 2.45) is 0 Å². The smallest absolute Gasteiger partial charge is 0.248 e. The quantitative estimate of drug-likeness (QED) is 0.722. The molecule has 4 heteroatoms. The van der Waals surface area contributed by atoms with Gasteiger partial charge in [-0.3, -0.25) is 0 Å². The molecule has 0 aliphatic carbocycles. The summed E-state index contributed by atoms with van der Waals surface area (Å²) < 4.78 is 5.76. The van der Waals surface area contributed by atoms with Crippen LogP contribution >= 0.6 is 0 Å². The second-order valence-corrected chi connectivity index (χ2v) is 4.63. The lowest BCUT2D eigenvalue weighted by molar-refractivity contribution is 0.497. The van der Waals surface area contributed by atoms with Crippen LogP contribution in [-0.4, -0.2) is 23.3 Å². The first-order valence-electron chi connectivity index (χ1n) is 6.89. The minimum absolute atomic E-state index is 0.591. The Kier molecular flexibility index (Phi) is 3.74. The van der Waals surface area contributed by atoms with Crippen LogP contribution in [0.2, 0.25) is 0 Å². The molecule has 4 nitrogen and oxygen atoms in total. The number of fused-ring (bicyclic) bond motifs is 1. The number of benzene rings is 2. The van der Waals surface area contributed by atoms with Gasteiger partial charge in [0.25, 0.3) is 0 Å². The Hall–Kier alpha value is -2.20. The topological polar surface area (TPSA) is 51.0 Å². The molecule has 0 unspecified atom stereocenters. The van der Waals surface area contributed by atoms with Crippen molar-refractivity contribution in [2.45, 2.75) is 13.3 Å². The summed E-state index contributed by atoms with van der Waals surface area (Å²) in [4.78, 5) is 0. The summed E-state index contributed by atoms with van der Waals surface area (Å²) in [6, 6.07) is 14.3. The zero-order valence-corrected chi connectivity index (χ0v) is 11.5. The SMILES string of the molecule is CCNCCc1nnc(-c2cccc3ccccc23)o1. The van der Waals surface area contributed by atoms with Crippen molar-refractivity contribution >= 4 is 10.8 Å². The Morgan fingerprint density at radius 1 is 1.05 bits per heavy atom. The van der Waals surface area contributed by atoms with Crippen molar-refractivity contribution in [3.63, 3.8) is 0 Å². The largest absolute Gasteiger partial charge is 0.421 e. The van der Waals surface area contributed by atoms with Gasteiger partial charge in [0.15, 0.2) is 0 Å². The third-order valence-electron chi connectivity index (χ3n) is 3.25. The van der Waals surface area contributed by atoms with Gasteiger partial charge in [0.05, 0.1) is 0 Å². The highest BCUT2D eigenvalue weighted by molar-refractivity contribution is 5.94. The fourth-order valence-electron chi connectivity index (χ4n) is 2.25. The van der Waals surface area contributed by atoms with E-state index in [0.29, 0.717) is 11.8 Å². The van der Waals surface area contributed by atoms with Gasteiger partial charge in [-0.2, -0.15) is 0 Å². The molecule has 2 aromatic carbocycles. The standard InChI is InChI=1S/C16H17N3O/c1-2-17-11-10-15-18-19-16(20-15)14-9-5-7-12-6-3-4-8-13(12)14/h3-9,17H,2,10-11H2,1H3. The molecule has 0 spiro atoms. The molecule has 0 aliphatic heterocycles. The van der Waals surface area contributed by atoms with E-state index in [4.69, 9.17) is 4.42 Å². The molecule has 1 N–H and O–H groups in total. The number of nitrogens with one attached hydrogen (secondary N) is 1. The minimum atomic E-state index is 0.591. The average molecular weight is 267 g/mol. The van der Waals surface area contributed by atoms with Crippen LogP contribution in [0.5, 0.6) is 0 Å². The zero-order chi connectivity index (χ0) is 13.8. The summed E-state index contributed by atoms with van der Waals surface area (Å²) in [5.74, 6) is 1.27. The van der Waals surface area contributed by atoms with Crippen LogP contribution in [0, 0.1) is 0 Å². The zero-order valence-electron chi connectivity index (χ0n) is 11.5. The summed E-state index contributed by atoms with van der Waals surface area (Å²) in [5, 5.41) is 13.8. The lowest BCUT2D eigenvalue weighted by atomic mass is 10.0. The summed E-state index contributed by atoms with van der Waals surface area (Å²) >= 11 is 0. The molecule has 3 aromatic rings. The van der Waals surface area contributed by atoms with Crippen molar-refractivity contribution in [1.82, 2.24) is 15.5 Å². The maximum Gasteiger partial charge on any atom is 0.248 e. The third-order valence-corrected chi connectivity index (χ3v) is 3.25. The molecule has 102 valence electrons. The first kappa shape index (κ1) is 12.8. The first-order chi connectivity index (χ1) is 9.88. The Morgan fingerprint density at radius 3 is 2.80 bits per heavy atom. The molecular weight excluding hydrogens is 250 g/mol. The molecule has 0 radical (unpaired) electrons. The van der Waals surface area contributed by atoms with Crippen LogP contribution in [0.4, 0.5) is 0 Å². The summed E-state index contributed by atoms with van der Waals surface area (Å²) in [5.41, 5.74) is 0.991. The number of nitrogens with zero attached hydrogens (tertiary/aromatic N) is 2. The number of aromatic nitrogens is 2. The van der Waals surface area contributed by atoms with E-state index < -0.39 is 0 Å². The van der Waals surface area contributed by atoms with Crippen LogP contribution in [0.25, 0.3) is 22.2 Å². The van der Waals surface area contributed by atoms with Gasteiger partial charge in [-0.15, -0.1) is 10.2 Å². The van der Waals surface area contributed by atoms with Gasteiger partial charge in [-0.1, -0.05) is 43.3 Å². The van der Waals surface area contributed by atoms with Gasteiger partial charge in [0.1, 0.15) is 0 Å². The highest BCUT2D eigenvalue weighted by Crippen LogP contribution is 2.27. The maximum absolute atomic E-state index is 5.76. The molecular formula is C16H17N3O. The van der Waals surface area contributed by atoms with Crippen molar-refractivity contribution in [3.8, 4) is 11.5 Å². The van der Waals surface area contributed by atoms with E-state index in [-0.39, 0.29) is 0 Å². The molecule has 1 aromatic heterocycles. The van der Waals surface area contributed by atoms with Gasteiger partial charge in [0, 0.05) is 18.5 Å². The Bertz CT molecular complexity index is 700. The molecule has 20 heavy (non-hydrogen) atoms. The van der Waals surface area contributed by atoms with Crippen LogP contribution in [0.3, 0.4) is 0 Å². The van der Waals surface area contributed by atoms with E-state index in [0.717, 1.165) is 30.5 Å². The number of hydrogen-bond acceptors (Lipinski definition) is 4. The van der Waals surface area contributed by atoms with Crippen molar-refractivity contribution in [3.05, 3.63) is 48.4 Å². The molecule has 0 saturated carbocycles. The lowest BCUT2D eigenvalue weighted by Gasteiger charge is -2.01. The van der Waals surface area contributed by atoms with E-state index >= 15 is 0 Å². The highest BCUT2D eigenvalue weighted by Gasteiger charge is 2.10. The molecule has 1 heterocycles. The van der Waals surface area contributed by atoms with Crippen LogP contribution < -0.4 is 5.32 Å². The molecule has 0 amide bonds. The highest BCUT2D eigenvalue weighted by atomic mass is 16.4. The van der Waals surface area contributed by atoms with E-state index in [1.54, 1.807) is 0 Å². The first-order valence-corrected chi connectivity index (χ1v) is 6.89. The van der Waals surface area contributed by atoms with Crippen LogP contribution in [0.15, 0.2) is 46.9 Å². The molecule has 0 aliphatic rings. The predicted octanol–water partition coefficient (Wildman–Crippen LogP) is 3.04. The second kappa shape index (κ2) is 5.84. The van der Waals surface area contributed by atoms with Crippen molar-refractivity contribution < 1.29 is 4.42 Å². The molecule has 0 atom stereocenters. The number of likely N-dealkylation sites (N-methyl/N-ethyl adjacent to an activating group) is 1. The molecule has 0 fully saturated rings. The van der Waals surface area contributed by atoms with Gasteiger partial charge in [0.2, 0.25) is 11.8 Å². The second-order valence-electron chi connectivity index (χ2n) is 4.63. The van der Waals surface area contributed by atoms with Gasteiger partial charge in [-0.25, -0.2) is 0 Å². The van der Waals surface area contributed by atoms with E-state index in [1.807, 2.05) is 24.3 Å². The Labute approximate surface area is 117 Å². The summed E-state index contributed by atoms with van der Waals surface area (Å²) in [6.45, 7) is 3.88.